The maximum Gasteiger partial charge on any atom is 0.227 e. The fourth-order valence-corrected chi connectivity index (χ4v) is 3.56. The number of piperidine rings is 1. The van der Waals surface area contributed by atoms with Gasteiger partial charge < -0.3 is 15.4 Å². The molecule has 0 spiro atoms. The molecule has 2 saturated heterocycles. The van der Waals surface area contributed by atoms with Gasteiger partial charge in [0.2, 0.25) is 5.91 Å². The molecule has 0 aliphatic carbocycles. The molecular formula is C16H31N3O2. The highest BCUT2D eigenvalue weighted by Gasteiger charge is 2.39. The summed E-state index contributed by atoms with van der Waals surface area (Å²) in [6.45, 7) is 10.6. The molecule has 0 aromatic carbocycles. The van der Waals surface area contributed by atoms with Crippen LogP contribution in [-0.4, -0.2) is 62.8 Å². The lowest BCUT2D eigenvalue weighted by Gasteiger charge is -2.38. The number of rotatable bonds is 6. The van der Waals surface area contributed by atoms with Crippen molar-refractivity contribution < 1.29 is 9.53 Å². The van der Waals surface area contributed by atoms with Gasteiger partial charge in [-0.05, 0) is 32.7 Å². The zero-order valence-corrected chi connectivity index (χ0v) is 13.6. The normalized spacial score (nSPS) is 29.0. The van der Waals surface area contributed by atoms with Gasteiger partial charge in [0.15, 0.2) is 0 Å². The van der Waals surface area contributed by atoms with Crippen LogP contribution in [0, 0.1) is 5.41 Å². The molecule has 0 bridgehead atoms. The van der Waals surface area contributed by atoms with Crippen molar-refractivity contribution in [1.82, 2.24) is 15.5 Å². The molecular weight excluding hydrogens is 266 g/mol. The Morgan fingerprint density at radius 1 is 1.43 bits per heavy atom. The second-order valence-corrected chi connectivity index (χ2v) is 6.60. The highest BCUT2D eigenvalue weighted by molar-refractivity contribution is 5.83. The lowest BCUT2D eigenvalue weighted by molar-refractivity contribution is -0.133. The molecule has 2 rings (SSSR count). The third-order valence-electron chi connectivity index (χ3n) is 4.70. The quantitative estimate of drug-likeness (QED) is 0.768. The van der Waals surface area contributed by atoms with Crippen LogP contribution >= 0.6 is 0 Å². The first kappa shape index (κ1) is 16.7. The minimum atomic E-state index is -0.188. The summed E-state index contributed by atoms with van der Waals surface area (Å²) in [5, 5.41) is 6.67. The lowest BCUT2D eigenvalue weighted by Crippen LogP contribution is -2.54. The number of amides is 1. The molecule has 2 unspecified atom stereocenters. The minimum absolute atomic E-state index is 0.188. The van der Waals surface area contributed by atoms with Crippen LogP contribution < -0.4 is 10.6 Å². The zero-order chi connectivity index (χ0) is 15.1. The summed E-state index contributed by atoms with van der Waals surface area (Å²) in [4.78, 5) is 15.1. The molecule has 5 nitrogen and oxygen atoms in total. The Balaban J connectivity index is 1.85. The fraction of sp³-hybridized carbons (Fsp3) is 0.938. The molecule has 2 aliphatic heterocycles. The second kappa shape index (κ2) is 8.11. The van der Waals surface area contributed by atoms with Gasteiger partial charge in [0.05, 0.1) is 18.6 Å². The molecule has 2 N–H and O–H groups in total. The summed E-state index contributed by atoms with van der Waals surface area (Å²) < 4.78 is 5.37. The van der Waals surface area contributed by atoms with Crippen molar-refractivity contribution in [3.8, 4) is 0 Å². The maximum atomic E-state index is 12.8. The zero-order valence-electron chi connectivity index (χ0n) is 13.6. The Labute approximate surface area is 128 Å². The van der Waals surface area contributed by atoms with E-state index in [9.17, 15) is 4.79 Å². The van der Waals surface area contributed by atoms with Gasteiger partial charge in [0.25, 0.3) is 0 Å². The molecule has 2 atom stereocenters. The molecule has 2 aliphatic rings. The van der Waals surface area contributed by atoms with Gasteiger partial charge in [-0.2, -0.15) is 0 Å². The van der Waals surface area contributed by atoms with Crippen LogP contribution in [0.25, 0.3) is 0 Å². The number of morpholine rings is 1. The van der Waals surface area contributed by atoms with Gasteiger partial charge in [-0.25, -0.2) is 0 Å². The van der Waals surface area contributed by atoms with Gasteiger partial charge in [0.1, 0.15) is 0 Å². The number of carbonyl (C=O) groups excluding carboxylic acids is 1. The smallest absolute Gasteiger partial charge is 0.227 e. The van der Waals surface area contributed by atoms with Crippen LogP contribution in [0.5, 0.6) is 0 Å². The molecule has 0 aromatic heterocycles. The molecule has 0 aromatic rings. The van der Waals surface area contributed by atoms with Crippen molar-refractivity contribution in [3.05, 3.63) is 0 Å². The van der Waals surface area contributed by atoms with Crippen molar-refractivity contribution >= 4 is 5.91 Å². The molecule has 2 heterocycles. The summed E-state index contributed by atoms with van der Waals surface area (Å²) in [5.74, 6) is 0.248. The average molecular weight is 297 g/mol. The molecule has 2 fully saturated rings. The van der Waals surface area contributed by atoms with Crippen molar-refractivity contribution in [2.24, 2.45) is 5.41 Å². The molecule has 21 heavy (non-hydrogen) atoms. The Bertz CT molecular complexity index is 318. The van der Waals surface area contributed by atoms with Crippen molar-refractivity contribution in [2.45, 2.75) is 45.6 Å². The minimum Gasteiger partial charge on any atom is -0.379 e. The van der Waals surface area contributed by atoms with Gasteiger partial charge in [-0.15, -0.1) is 0 Å². The largest absolute Gasteiger partial charge is 0.379 e. The van der Waals surface area contributed by atoms with Crippen LogP contribution in [0.1, 0.15) is 39.5 Å². The van der Waals surface area contributed by atoms with E-state index in [0.29, 0.717) is 0 Å². The van der Waals surface area contributed by atoms with Gasteiger partial charge >= 0.3 is 0 Å². The fourth-order valence-electron chi connectivity index (χ4n) is 3.56. The third-order valence-corrected chi connectivity index (χ3v) is 4.70. The standard InChI is InChI=1S/C16H31N3O2/c1-3-5-16(6-4-7-17-13-16)15(20)18-14(2)12-19-8-10-21-11-9-19/h14,17H,3-13H2,1-2H3,(H,18,20). The number of ether oxygens (including phenoxy) is 1. The van der Waals surface area contributed by atoms with Crippen LogP contribution in [0.3, 0.4) is 0 Å². The van der Waals surface area contributed by atoms with E-state index in [-0.39, 0.29) is 17.4 Å². The summed E-state index contributed by atoms with van der Waals surface area (Å²) in [7, 11) is 0. The van der Waals surface area contributed by atoms with Crippen LogP contribution in [-0.2, 0) is 9.53 Å². The van der Waals surface area contributed by atoms with Crippen molar-refractivity contribution in [3.63, 3.8) is 0 Å². The molecule has 122 valence electrons. The number of nitrogens with one attached hydrogen (secondary N) is 2. The summed E-state index contributed by atoms with van der Waals surface area (Å²) >= 11 is 0. The SMILES string of the molecule is CCCC1(C(=O)NC(C)CN2CCOCC2)CCCNC1. The highest BCUT2D eigenvalue weighted by Crippen LogP contribution is 2.32. The number of hydrogen-bond acceptors (Lipinski definition) is 4. The first-order chi connectivity index (χ1) is 10.2. The van der Waals surface area contributed by atoms with E-state index in [0.717, 1.165) is 71.6 Å². The van der Waals surface area contributed by atoms with Crippen molar-refractivity contribution in [1.29, 1.82) is 0 Å². The second-order valence-electron chi connectivity index (χ2n) is 6.60. The van der Waals surface area contributed by atoms with E-state index in [1.54, 1.807) is 0 Å². The number of hydrogen-bond donors (Lipinski definition) is 2. The third kappa shape index (κ3) is 4.66. The summed E-state index contributed by atoms with van der Waals surface area (Å²) in [6, 6.07) is 0.200. The maximum absolute atomic E-state index is 12.8. The van der Waals surface area contributed by atoms with E-state index in [4.69, 9.17) is 4.74 Å². The molecule has 0 saturated carbocycles. The first-order valence-corrected chi connectivity index (χ1v) is 8.48. The van der Waals surface area contributed by atoms with Crippen LogP contribution in [0.2, 0.25) is 0 Å². The predicted octanol–water partition coefficient (Wildman–Crippen LogP) is 0.993. The Hall–Kier alpha value is -0.650. The highest BCUT2D eigenvalue weighted by atomic mass is 16.5. The first-order valence-electron chi connectivity index (χ1n) is 8.48. The lowest BCUT2D eigenvalue weighted by atomic mass is 9.76. The average Bonchev–Trinajstić information content (AvgIpc) is 2.49. The number of carbonyl (C=O) groups is 1. The Kier molecular flexibility index (Phi) is 6.45. The van der Waals surface area contributed by atoms with Crippen LogP contribution in [0.15, 0.2) is 0 Å². The molecule has 1 amide bonds. The molecule has 0 radical (unpaired) electrons. The van der Waals surface area contributed by atoms with Crippen molar-refractivity contribution in [2.75, 3.05) is 45.9 Å². The van der Waals surface area contributed by atoms with E-state index in [1.165, 1.54) is 0 Å². The van der Waals surface area contributed by atoms with E-state index < -0.39 is 0 Å². The summed E-state index contributed by atoms with van der Waals surface area (Å²) in [5.41, 5.74) is -0.188. The topological polar surface area (TPSA) is 53.6 Å². The van der Waals surface area contributed by atoms with Gasteiger partial charge in [-0.3, -0.25) is 9.69 Å². The molecule has 5 heteroatoms. The van der Waals surface area contributed by atoms with Gasteiger partial charge in [-0.1, -0.05) is 13.3 Å². The Morgan fingerprint density at radius 3 is 2.81 bits per heavy atom. The summed E-state index contributed by atoms with van der Waals surface area (Å²) in [6.07, 6.45) is 4.16. The van der Waals surface area contributed by atoms with E-state index in [2.05, 4.69) is 29.4 Å². The predicted molar refractivity (Wildman–Crippen MR) is 84.3 cm³/mol. The number of nitrogens with zero attached hydrogens (tertiary/aromatic N) is 1. The van der Waals surface area contributed by atoms with E-state index in [1.807, 2.05) is 0 Å². The van der Waals surface area contributed by atoms with Crippen LogP contribution in [0.4, 0.5) is 0 Å². The van der Waals surface area contributed by atoms with Gasteiger partial charge in [0, 0.05) is 32.2 Å². The monoisotopic (exact) mass is 297 g/mol. The Morgan fingerprint density at radius 2 is 2.19 bits per heavy atom. The van der Waals surface area contributed by atoms with E-state index >= 15 is 0 Å².